The summed E-state index contributed by atoms with van der Waals surface area (Å²) in [6.45, 7) is 3.92. The summed E-state index contributed by atoms with van der Waals surface area (Å²) in [5, 5.41) is 5.06. The number of hydrogen-bond acceptors (Lipinski definition) is 5. The minimum Gasteiger partial charge on any atom is -0.266 e. The van der Waals surface area contributed by atoms with Gasteiger partial charge in [0.15, 0.2) is 0 Å². The van der Waals surface area contributed by atoms with Crippen LogP contribution in [0.15, 0.2) is 46.6 Å². The van der Waals surface area contributed by atoms with Crippen molar-refractivity contribution in [2.45, 2.75) is 13.8 Å². The van der Waals surface area contributed by atoms with Crippen molar-refractivity contribution >= 4 is 38.0 Å². The highest BCUT2D eigenvalue weighted by atomic mass is 32.1. The zero-order valence-electron chi connectivity index (χ0n) is 13.5. The van der Waals surface area contributed by atoms with E-state index in [4.69, 9.17) is 0 Å². The molecule has 0 aliphatic rings. The summed E-state index contributed by atoms with van der Waals surface area (Å²) in [6, 6.07) is 7.84. The van der Waals surface area contributed by atoms with Crippen LogP contribution < -0.4 is 5.56 Å². The first-order valence-electron chi connectivity index (χ1n) is 7.61. The number of halogens is 1. The molecule has 0 aliphatic heterocycles. The minimum absolute atomic E-state index is 0.247. The van der Waals surface area contributed by atoms with E-state index in [9.17, 15) is 9.18 Å². The molecule has 0 N–H and O–H groups in total. The molecule has 0 amide bonds. The summed E-state index contributed by atoms with van der Waals surface area (Å²) >= 11 is 1.32. The standard InChI is InChI=1S/C18H13FN4OS/c1-10-7-11(2)22-17-14(10)15-16(25-17)18(24)23(9-20-15)21-8-12-3-5-13(19)6-4-12/h3-9H,1-2H3/b21-8-. The van der Waals surface area contributed by atoms with E-state index >= 15 is 0 Å². The van der Waals surface area contributed by atoms with Crippen LogP contribution in [0.5, 0.6) is 0 Å². The van der Waals surface area contributed by atoms with E-state index in [0.717, 1.165) is 21.5 Å². The minimum atomic E-state index is -0.319. The normalized spacial score (nSPS) is 11.8. The molecule has 0 bridgehead atoms. The number of aryl methyl sites for hydroxylation is 2. The van der Waals surface area contributed by atoms with Gasteiger partial charge in [-0.15, -0.1) is 11.3 Å². The van der Waals surface area contributed by atoms with Crippen molar-refractivity contribution in [1.82, 2.24) is 14.6 Å². The number of nitrogens with zero attached hydrogens (tertiary/aromatic N) is 4. The molecule has 0 atom stereocenters. The summed E-state index contributed by atoms with van der Waals surface area (Å²) < 4.78 is 14.6. The van der Waals surface area contributed by atoms with Crippen LogP contribution in [0.3, 0.4) is 0 Å². The third kappa shape index (κ3) is 2.72. The summed E-state index contributed by atoms with van der Waals surface area (Å²) in [6.07, 6.45) is 2.89. The highest BCUT2D eigenvalue weighted by molar-refractivity contribution is 7.25. The third-order valence-corrected chi connectivity index (χ3v) is 4.92. The molecule has 7 heteroatoms. The maximum Gasteiger partial charge on any atom is 0.291 e. The Kier molecular flexibility index (Phi) is 3.65. The van der Waals surface area contributed by atoms with Crippen molar-refractivity contribution in [1.29, 1.82) is 0 Å². The van der Waals surface area contributed by atoms with Gasteiger partial charge < -0.3 is 0 Å². The van der Waals surface area contributed by atoms with Crippen LogP contribution in [0.1, 0.15) is 16.8 Å². The average molecular weight is 352 g/mol. The first-order valence-corrected chi connectivity index (χ1v) is 8.42. The number of aromatic nitrogens is 3. The number of benzene rings is 1. The molecule has 3 aromatic heterocycles. The molecule has 0 unspecified atom stereocenters. The highest BCUT2D eigenvalue weighted by Crippen LogP contribution is 2.31. The Morgan fingerprint density at radius 3 is 2.76 bits per heavy atom. The van der Waals surface area contributed by atoms with Crippen molar-refractivity contribution in [3.05, 3.63) is 69.7 Å². The highest BCUT2D eigenvalue weighted by Gasteiger charge is 2.14. The predicted molar refractivity (Wildman–Crippen MR) is 98.0 cm³/mol. The van der Waals surface area contributed by atoms with Crippen molar-refractivity contribution in [2.24, 2.45) is 5.10 Å². The Morgan fingerprint density at radius 2 is 2.00 bits per heavy atom. The largest absolute Gasteiger partial charge is 0.291 e. The molecule has 3 heterocycles. The van der Waals surface area contributed by atoms with Crippen LogP contribution in [-0.4, -0.2) is 20.9 Å². The number of hydrogen-bond donors (Lipinski definition) is 0. The van der Waals surface area contributed by atoms with E-state index in [-0.39, 0.29) is 11.4 Å². The third-order valence-electron chi connectivity index (χ3n) is 3.86. The van der Waals surface area contributed by atoms with E-state index in [0.29, 0.717) is 15.8 Å². The molecule has 25 heavy (non-hydrogen) atoms. The van der Waals surface area contributed by atoms with Gasteiger partial charge in [-0.05, 0) is 43.2 Å². The fourth-order valence-corrected chi connectivity index (χ4v) is 3.89. The SMILES string of the molecule is Cc1cc(C)c2c(n1)sc1c(=O)n(/N=C\c3ccc(F)cc3)cnc12. The Morgan fingerprint density at radius 1 is 1.24 bits per heavy atom. The zero-order chi connectivity index (χ0) is 17.6. The first kappa shape index (κ1) is 15.6. The van der Waals surface area contributed by atoms with Crippen molar-refractivity contribution in [3.8, 4) is 0 Å². The Hall–Kier alpha value is -2.93. The predicted octanol–water partition coefficient (Wildman–Crippen LogP) is 3.64. The molecule has 0 spiro atoms. The zero-order valence-corrected chi connectivity index (χ0v) is 14.3. The lowest BCUT2D eigenvalue weighted by molar-refractivity contribution is 0.628. The van der Waals surface area contributed by atoms with Crippen LogP contribution >= 0.6 is 11.3 Å². The summed E-state index contributed by atoms with van der Waals surface area (Å²) in [5.41, 5.74) is 3.06. The number of fused-ring (bicyclic) bond motifs is 3. The van der Waals surface area contributed by atoms with Gasteiger partial charge in [0.1, 0.15) is 21.7 Å². The molecule has 0 aliphatic carbocycles. The lowest BCUT2D eigenvalue weighted by atomic mass is 10.1. The fourth-order valence-electron chi connectivity index (χ4n) is 2.72. The van der Waals surface area contributed by atoms with E-state index in [1.807, 2.05) is 19.9 Å². The fraction of sp³-hybridized carbons (Fsp3) is 0.111. The van der Waals surface area contributed by atoms with Crippen LogP contribution in [0.2, 0.25) is 0 Å². The first-order chi connectivity index (χ1) is 12.0. The van der Waals surface area contributed by atoms with Gasteiger partial charge in [-0.25, -0.2) is 14.4 Å². The number of pyridine rings is 1. The monoisotopic (exact) mass is 352 g/mol. The van der Waals surface area contributed by atoms with Crippen LogP contribution in [0, 0.1) is 19.7 Å². The van der Waals surface area contributed by atoms with Gasteiger partial charge in [-0.2, -0.15) is 9.78 Å². The Balaban J connectivity index is 1.85. The molecule has 0 fully saturated rings. The quantitative estimate of drug-likeness (QED) is 0.518. The van der Waals surface area contributed by atoms with Crippen molar-refractivity contribution in [2.75, 3.05) is 0 Å². The second kappa shape index (κ2) is 5.86. The van der Waals surface area contributed by atoms with Crippen molar-refractivity contribution in [3.63, 3.8) is 0 Å². The second-order valence-corrected chi connectivity index (χ2v) is 6.73. The van der Waals surface area contributed by atoms with Gasteiger partial charge in [0.2, 0.25) is 0 Å². The Bertz CT molecular complexity index is 1190. The molecule has 4 aromatic rings. The van der Waals surface area contributed by atoms with E-state index in [1.165, 1.54) is 40.7 Å². The van der Waals surface area contributed by atoms with Crippen LogP contribution in [0.4, 0.5) is 4.39 Å². The van der Waals surface area contributed by atoms with Crippen molar-refractivity contribution < 1.29 is 4.39 Å². The Labute approximate surface area is 146 Å². The average Bonchev–Trinajstić information content (AvgIpc) is 2.95. The molecule has 5 nitrogen and oxygen atoms in total. The molecular weight excluding hydrogens is 339 g/mol. The van der Waals surface area contributed by atoms with Gasteiger partial charge in [0, 0.05) is 11.1 Å². The van der Waals surface area contributed by atoms with Gasteiger partial charge in [0.05, 0.1) is 11.7 Å². The summed E-state index contributed by atoms with van der Waals surface area (Å²) in [4.78, 5) is 22.4. The van der Waals surface area contributed by atoms with E-state index in [2.05, 4.69) is 15.1 Å². The lowest BCUT2D eigenvalue weighted by Gasteiger charge is -1.99. The maximum atomic E-state index is 12.9. The van der Waals surface area contributed by atoms with Gasteiger partial charge in [-0.1, -0.05) is 12.1 Å². The summed E-state index contributed by atoms with van der Waals surface area (Å²) in [5.74, 6) is -0.319. The molecule has 0 saturated carbocycles. The molecule has 0 saturated heterocycles. The second-order valence-electron chi connectivity index (χ2n) is 5.73. The van der Waals surface area contributed by atoms with Crippen LogP contribution in [-0.2, 0) is 0 Å². The van der Waals surface area contributed by atoms with Gasteiger partial charge in [-0.3, -0.25) is 4.79 Å². The topological polar surface area (TPSA) is 60.1 Å². The van der Waals surface area contributed by atoms with Gasteiger partial charge >= 0.3 is 0 Å². The molecule has 124 valence electrons. The van der Waals surface area contributed by atoms with Gasteiger partial charge in [0.25, 0.3) is 5.56 Å². The molecule has 0 radical (unpaired) electrons. The van der Waals surface area contributed by atoms with Crippen LogP contribution in [0.25, 0.3) is 20.4 Å². The molecular formula is C18H13FN4OS. The lowest BCUT2D eigenvalue weighted by Crippen LogP contribution is -2.15. The van der Waals surface area contributed by atoms with E-state index in [1.54, 1.807) is 12.1 Å². The summed E-state index contributed by atoms with van der Waals surface area (Å²) in [7, 11) is 0. The smallest absolute Gasteiger partial charge is 0.266 e. The van der Waals surface area contributed by atoms with E-state index < -0.39 is 0 Å². The molecule has 4 rings (SSSR count). The maximum absolute atomic E-state index is 12.9. The number of thiophene rings is 1. The molecule has 1 aromatic carbocycles. The number of rotatable bonds is 2.